The smallest absolute Gasteiger partial charge is 0.416 e. The lowest BCUT2D eigenvalue weighted by Gasteiger charge is -2.41. The Hall–Kier alpha value is -3.64. The fourth-order valence-electron chi connectivity index (χ4n) is 4.83. The van der Waals surface area contributed by atoms with Gasteiger partial charge in [-0.05, 0) is 55.7 Å². The normalized spacial score (nSPS) is 18.2. The third-order valence-electron chi connectivity index (χ3n) is 6.52. The molecule has 0 N–H and O–H groups in total. The van der Waals surface area contributed by atoms with Crippen molar-refractivity contribution in [2.45, 2.75) is 50.5 Å². The van der Waals surface area contributed by atoms with Crippen molar-refractivity contribution in [2.75, 3.05) is 32.8 Å². The van der Waals surface area contributed by atoms with Crippen molar-refractivity contribution in [3.63, 3.8) is 0 Å². The van der Waals surface area contributed by atoms with E-state index in [1.807, 2.05) is 0 Å². The summed E-state index contributed by atoms with van der Waals surface area (Å²) >= 11 is 0. The van der Waals surface area contributed by atoms with Crippen LogP contribution in [0.15, 0.2) is 30.3 Å². The van der Waals surface area contributed by atoms with E-state index in [-0.39, 0.29) is 41.8 Å². The van der Waals surface area contributed by atoms with Crippen molar-refractivity contribution in [2.24, 2.45) is 0 Å². The first-order valence-electron chi connectivity index (χ1n) is 11.8. The van der Waals surface area contributed by atoms with E-state index in [0.717, 1.165) is 7.11 Å². The number of ether oxygens (including phenoxy) is 4. The summed E-state index contributed by atoms with van der Waals surface area (Å²) < 4.78 is 103. The monoisotopic (exact) mass is 563 g/mol. The number of halogens is 6. The van der Waals surface area contributed by atoms with E-state index in [1.165, 1.54) is 31.3 Å². The molecule has 2 aromatic rings. The Labute approximate surface area is 220 Å². The second-order valence-corrected chi connectivity index (χ2v) is 8.87. The van der Waals surface area contributed by atoms with Gasteiger partial charge in [-0.1, -0.05) is 0 Å². The zero-order valence-corrected chi connectivity index (χ0v) is 21.7. The number of nitrogens with zero attached hydrogens (tertiary/aromatic N) is 1. The van der Waals surface area contributed by atoms with Crippen LogP contribution >= 0.6 is 0 Å². The van der Waals surface area contributed by atoms with Crippen LogP contribution in [0.1, 0.15) is 54.4 Å². The van der Waals surface area contributed by atoms with Gasteiger partial charge in [0.1, 0.15) is 0 Å². The molecule has 0 unspecified atom stereocenters. The van der Waals surface area contributed by atoms with Gasteiger partial charge in [-0.3, -0.25) is 9.69 Å². The number of carbonyl (C=O) groups excluding carboxylic acids is 2. The number of hydrogen-bond donors (Lipinski definition) is 0. The van der Waals surface area contributed by atoms with Crippen LogP contribution in [0, 0.1) is 0 Å². The van der Waals surface area contributed by atoms with E-state index < -0.39 is 59.0 Å². The van der Waals surface area contributed by atoms with Crippen LogP contribution in [0.25, 0.3) is 0 Å². The van der Waals surface area contributed by atoms with Gasteiger partial charge in [0.15, 0.2) is 11.5 Å². The number of fused-ring (bicyclic) bond motifs is 1. The number of methoxy groups -OCH3 is 3. The summed E-state index contributed by atoms with van der Waals surface area (Å²) in [5.74, 6) is -3.29. The topological polar surface area (TPSA) is 74.3 Å². The third kappa shape index (κ3) is 6.01. The highest BCUT2D eigenvalue weighted by Crippen LogP contribution is 2.51. The molecule has 0 aromatic heterocycles. The Morgan fingerprint density at radius 3 is 1.92 bits per heavy atom. The number of hydrogen-bond acceptors (Lipinski definition) is 6. The second kappa shape index (κ2) is 11.2. The Balaban J connectivity index is 2.34. The standard InChI is InChI=1S/C26H27F6NO6/c1-6-39-24(35)33-13(2)7-18(17-11-20(36-3)21(37-4)12-19(17)33)22(23(34)38-5)14-8-15(25(27,28)29)10-16(9-14)26(30,31)32/h8-13,18,22H,6-7H2,1-5H3/t13-,18+,22-/m1/s1. The van der Waals surface area contributed by atoms with Crippen molar-refractivity contribution < 1.29 is 54.9 Å². The number of alkyl halides is 6. The minimum atomic E-state index is -5.12. The van der Waals surface area contributed by atoms with Crippen LogP contribution in [-0.2, 0) is 26.6 Å². The number of esters is 1. The lowest BCUT2D eigenvalue weighted by Crippen LogP contribution is -2.45. The third-order valence-corrected chi connectivity index (χ3v) is 6.52. The predicted molar refractivity (Wildman–Crippen MR) is 127 cm³/mol. The fourth-order valence-corrected chi connectivity index (χ4v) is 4.83. The molecule has 1 heterocycles. The SMILES string of the molecule is CCOC(=O)N1c2cc(OC)c(OC)cc2[C@@H]([C@H](C(=O)OC)c2cc(C(F)(F)F)cc(C(F)(F)F)c2)C[C@H]1C. The highest BCUT2D eigenvalue weighted by Gasteiger charge is 2.44. The lowest BCUT2D eigenvalue weighted by atomic mass is 9.74. The average Bonchev–Trinajstić information content (AvgIpc) is 2.86. The molecule has 0 aliphatic carbocycles. The Morgan fingerprint density at radius 1 is 0.923 bits per heavy atom. The number of benzene rings is 2. The van der Waals surface area contributed by atoms with E-state index in [9.17, 15) is 35.9 Å². The van der Waals surface area contributed by atoms with E-state index in [1.54, 1.807) is 13.8 Å². The summed E-state index contributed by atoms with van der Waals surface area (Å²) in [4.78, 5) is 27.3. The molecular weight excluding hydrogens is 536 g/mol. The Morgan fingerprint density at radius 2 is 1.46 bits per heavy atom. The molecule has 0 radical (unpaired) electrons. The molecule has 39 heavy (non-hydrogen) atoms. The lowest BCUT2D eigenvalue weighted by molar-refractivity contribution is -0.145. The summed E-state index contributed by atoms with van der Waals surface area (Å²) in [6.45, 7) is 3.26. The summed E-state index contributed by atoms with van der Waals surface area (Å²) in [5, 5.41) is 0. The molecule has 3 atom stereocenters. The van der Waals surface area contributed by atoms with Gasteiger partial charge in [0.05, 0.1) is 50.7 Å². The van der Waals surface area contributed by atoms with Crippen LogP contribution in [0.5, 0.6) is 11.5 Å². The summed E-state index contributed by atoms with van der Waals surface area (Å²) in [7, 11) is 3.66. The largest absolute Gasteiger partial charge is 0.493 e. The van der Waals surface area contributed by atoms with Gasteiger partial charge < -0.3 is 18.9 Å². The minimum absolute atomic E-state index is 0.00827. The highest BCUT2D eigenvalue weighted by atomic mass is 19.4. The van der Waals surface area contributed by atoms with Crippen molar-refractivity contribution in [3.05, 3.63) is 52.6 Å². The molecule has 1 aliphatic heterocycles. The van der Waals surface area contributed by atoms with Crippen molar-refractivity contribution in [1.29, 1.82) is 0 Å². The predicted octanol–water partition coefficient (Wildman–Crippen LogP) is 6.54. The van der Waals surface area contributed by atoms with Crippen molar-refractivity contribution in [3.8, 4) is 11.5 Å². The maximum Gasteiger partial charge on any atom is 0.416 e. The van der Waals surface area contributed by atoms with Gasteiger partial charge >= 0.3 is 24.4 Å². The Bertz CT molecular complexity index is 1200. The molecule has 3 rings (SSSR count). The van der Waals surface area contributed by atoms with Gasteiger partial charge in [0, 0.05) is 18.0 Å². The van der Waals surface area contributed by atoms with Crippen molar-refractivity contribution in [1.82, 2.24) is 0 Å². The summed E-state index contributed by atoms with van der Waals surface area (Å²) in [6.07, 6.45) is -11.0. The maximum atomic E-state index is 13.6. The van der Waals surface area contributed by atoms with E-state index in [2.05, 4.69) is 0 Å². The molecular formula is C26H27F6NO6. The van der Waals surface area contributed by atoms with Crippen LogP contribution in [-0.4, -0.2) is 46.0 Å². The molecule has 1 amide bonds. The molecule has 1 aliphatic rings. The van der Waals surface area contributed by atoms with Gasteiger partial charge in [-0.25, -0.2) is 4.79 Å². The molecule has 0 bridgehead atoms. The molecule has 0 spiro atoms. The van der Waals surface area contributed by atoms with Crippen LogP contribution in [0.3, 0.4) is 0 Å². The summed E-state index contributed by atoms with van der Waals surface area (Å²) in [6, 6.07) is 3.21. The average molecular weight is 563 g/mol. The molecule has 7 nitrogen and oxygen atoms in total. The fraction of sp³-hybridized carbons (Fsp3) is 0.462. The number of rotatable bonds is 6. The zero-order chi connectivity index (χ0) is 29.3. The van der Waals surface area contributed by atoms with Gasteiger partial charge in [0.2, 0.25) is 0 Å². The van der Waals surface area contributed by atoms with Crippen LogP contribution < -0.4 is 14.4 Å². The summed E-state index contributed by atoms with van der Waals surface area (Å²) in [5.41, 5.74) is -3.21. The maximum absolute atomic E-state index is 13.6. The van der Waals surface area contributed by atoms with E-state index >= 15 is 0 Å². The van der Waals surface area contributed by atoms with Gasteiger partial charge in [0.25, 0.3) is 0 Å². The zero-order valence-electron chi connectivity index (χ0n) is 21.7. The van der Waals surface area contributed by atoms with E-state index in [0.29, 0.717) is 12.1 Å². The first-order valence-corrected chi connectivity index (χ1v) is 11.8. The molecule has 2 aromatic carbocycles. The van der Waals surface area contributed by atoms with Crippen LogP contribution in [0.2, 0.25) is 0 Å². The second-order valence-electron chi connectivity index (χ2n) is 8.87. The van der Waals surface area contributed by atoms with Crippen molar-refractivity contribution >= 4 is 17.7 Å². The highest BCUT2D eigenvalue weighted by molar-refractivity contribution is 5.92. The molecule has 0 saturated heterocycles. The number of amides is 1. The first kappa shape index (κ1) is 29.9. The van der Waals surface area contributed by atoms with Gasteiger partial charge in [-0.15, -0.1) is 0 Å². The molecule has 0 fully saturated rings. The molecule has 214 valence electrons. The molecule has 0 saturated carbocycles. The van der Waals surface area contributed by atoms with E-state index in [4.69, 9.17) is 18.9 Å². The Kier molecular flexibility index (Phi) is 8.61. The van der Waals surface area contributed by atoms with Crippen LogP contribution in [0.4, 0.5) is 36.8 Å². The minimum Gasteiger partial charge on any atom is -0.493 e. The quantitative estimate of drug-likeness (QED) is 0.294. The van der Waals surface area contributed by atoms with Gasteiger partial charge in [-0.2, -0.15) is 26.3 Å². The number of anilines is 1. The molecule has 13 heteroatoms. The first-order chi connectivity index (χ1) is 18.2. The number of carbonyl (C=O) groups is 2.